The Morgan fingerprint density at radius 2 is 2.00 bits per heavy atom. The van der Waals surface area contributed by atoms with Crippen molar-refractivity contribution < 1.29 is 19.4 Å². The average Bonchev–Trinajstić information content (AvgIpc) is 2.26. The van der Waals surface area contributed by atoms with E-state index >= 15 is 0 Å². The SMILES string of the molecule is CCOC(C)CNC(=O)NC(C)CCCC(=O)O. The number of carbonyl (C=O) groups excluding carboxylic acids is 1. The molecular formula is C12H24N2O4. The maximum Gasteiger partial charge on any atom is 0.315 e. The van der Waals surface area contributed by atoms with Gasteiger partial charge in [-0.15, -0.1) is 0 Å². The van der Waals surface area contributed by atoms with Crippen LogP contribution in [0.5, 0.6) is 0 Å². The molecule has 0 saturated carbocycles. The van der Waals surface area contributed by atoms with Crippen LogP contribution in [0.2, 0.25) is 0 Å². The Balaban J connectivity index is 3.63. The van der Waals surface area contributed by atoms with Crippen molar-refractivity contribution >= 4 is 12.0 Å². The van der Waals surface area contributed by atoms with Crippen molar-refractivity contribution in [1.29, 1.82) is 0 Å². The van der Waals surface area contributed by atoms with Gasteiger partial charge in [-0.05, 0) is 33.6 Å². The van der Waals surface area contributed by atoms with Crippen molar-refractivity contribution in [1.82, 2.24) is 10.6 Å². The lowest BCUT2D eigenvalue weighted by molar-refractivity contribution is -0.137. The van der Waals surface area contributed by atoms with Gasteiger partial charge in [0.1, 0.15) is 0 Å². The standard InChI is InChI=1S/C12H24N2O4/c1-4-18-10(3)8-13-12(17)14-9(2)6-5-7-11(15)16/h9-10H,4-8H2,1-3H3,(H,15,16)(H2,13,14,17). The van der Waals surface area contributed by atoms with E-state index in [4.69, 9.17) is 9.84 Å². The second-order valence-electron chi connectivity index (χ2n) is 4.31. The Kier molecular flexibility index (Phi) is 9.00. The Morgan fingerprint density at radius 3 is 2.56 bits per heavy atom. The number of nitrogens with one attached hydrogen (secondary N) is 2. The van der Waals surface area contributed by atoms with Crippen LogP contribution in [0.3, 0.4) is 0 Å². The minimum atomic E-state index is -0.808. The van der Waals surface area contributed by atoms with Gasteiger partial charge in [-0.25, -0.2) is 4.79 Å². The molecule has 0 aliphatic rings. The van der Waals surface area contributed by atoms with Crippen LogP contribution in [0.25, 0.3) is 0 Å². The Labute approximate surface area is 108 Å². The molecule has 0 aromatic carbocycles. The first-order chi connectivity index (χ1) is 8.45. The third kappa shape index (κ3) is 9.89. The molecule has 0 saturated heterocycles. The summed E-state index contributed by atoms with van der Waals surface area (Å²) in [5.41, 5.74) is 0. The Morgan fingerprint density at radius 1 is 1.33 bits per heavy atom. The molecule has 3 N–H and O–H groups in total. The zero-order valence-electron chi connectivity index (χ0n) is 11.4. The first kappa shape index (κ1) is 16.7. The van der Waals surface area contributed by atoms with E-state index in [1.54, 1.807) is 0 Å². The van der Waals surface area contributed by atoms with Crippen LogP contribution in [-0.2, 0) is 9.53 Å². The quantitative estimate of drug-likeness (QED) is 0.584. The number of amides is 2. The first-order valence-electron chi connectivity index (χ1n) is 6.33. The zero-order chi connectivity index (χ0) is 14.0. The van der Waals surface area contributed by atoms with Crippen molar-refractivity contribution in [2.45, 2.75) is 52.2 Å². The monoisotopic (exact) mass is 260 g/mol. The molecular weight excluding hydrogens is 236 g/mol. The lowest BCUT2D eigenvalue weighted by Crippen LogP contribution is -2.43. The third-order valence-corrected chi connectivity index (χ3v) is 2.41. The Bertz CT molecular complexity index is 258. The number of ether oxygens (including phenoxy) is 1. The molecule has 0 radical (unpaired) electrons. The van der Waals surface area contributed by atoms with Gasteiger partial charge in [-0.3, -0.25) is 4.79 Å². The summed E-state index contributed by atoms with van der Waals surface area (Å²) < 4.78 is 5.28. The number of carbonyl (C=O) groups is 2. The topological polar surface area (TPSA) is 87.7 Å². The zero-order valence-corrected chi connectivity index (χ0v) is 11.4. The van der Waals surface area contributed by atoms with Crippen LogP contribution in [0.15, 0.2) is 0 Å². The van der Waals surface area contributed by atoms with Gasteiger partial charge >= 0.3 is 12.0 Å². The molecule has 0 spiro atoms. The summed E-state index contributed by atoms with van der Waals surface area (Å²) >= 11 is 0. The first-order valence-corrected chi connectivity index (χ1v) is 6.33. The molecule has 2 amide bonds. The fraction of sp³-hybridized carbons (Fsp3) is 0.833. The number of hydrogen-bond acceptors (Lipinski definition) is 3. The summed E-state index contributed by atoms with van der Waals surface area (Å²) in [6.45, 7) is 6.73. The van der Waals surface area contributed by atoms with Crippen molar-refractivity contribution in [2.75, 3.05) is 13.2 Å². The van der Waals surface area contributed by atoms with Crippen LogP contribution in [0, 0.1) is 0 Å². The predicted molar refractivity (Wildman–Crippen MR) is 68.6 cm³/mol. The number of carboxylic acid groups (broad SMARTS) is 1. The van der Waals surface area contributed by atoms with Gasteiger partial charge in [0.15, 0.2) is 0 Å². The predicted octanol–water partition coefficient (Wildman–Crippen LogP) is 1.35. The number of aliphatic carboxylic acids is 1. The maximum atomic E-state index is 11.5. The van der Waals surface area contributed by atoms with E-state index in [0.29, 0.717) is 26.0 Å². The molecule has 0 heterocycles. The molecule has 2 atom stereocenters. The average molecular weight is 260 g/mol. The molecule has 2 unspecified atom stereocenters. The van der Waals surface area contributed by atoms with E-state index in [2.05, 4.69) is 10.6 Å². The summed E-state index contributed by atoms with van der Waals surface area (Å²) in [6, 6.07) is -0.281. The highest BCUT2D eigenvalue weighted by molar-refractivity contribution is 5.74. The second kappa shape index (κ2) is 9.70. The number of carboxylic acids is 1. The van der Waals surface area contributed by atoms with Crippen molar-refractivity contribution in [3.63, 3.8) is 0 Å². The second-order valence-corrected chi connectivity index (χ2v) is 4.31. The van der Waals surface area contributed by atoms with Gasteiger partial charge < -0.3 is 20.5 Å². The highest BCUT2D eigenvalue weighted by Gasteiger charge is 2.09. The molecule has 6 nitrogen and oxygen atoms in total. The molecule has 0 aliphatic carbocycles. The molecule has 0 rings (SSSR count). The van der Waals surface area contributed by atoms with Gasteiger partial charge in [0, 0.05) is 25.6 Å². The van der Waals surface area contributed by atoms with Crippen LogP contribution >= 0.6 is 0 Å². The molecule has 106 valence electrons. The van der Waals surface area contributed by atoms with E-state index in [0.717, 1.165) is 0 Å². The number of urea groups is 1. The van der Waals surface area contributed by atoms with Gasteiger partial charge in [0.05, 0.1) is 6.10 Å². The van der Waals surface area contributed by atoms with E-state index in [-0.39, 0.29) is 24.6 Å². The lowest BCUT2D eigenvalue weighted by Gasteiger charge is -2.16. The maximum absolute atomic E-state index is 11.5. The minimum absolute atomic E-state index is 0.0110. The summed E-state index contributed by atoms with van der Waals surface area (Å²) in [7, 11) is 0. The lowest BCUT2D eigenvalue weighted by atomic mass is 10.1. The van der Waals surface area contributed by atoms with Gasteiger partial charge in [0.25, 0.3) is 0 Å². The van der Waals surface area contributed by atoms with Crippen LogP contribution in [-0.4, -0.2) is 42.4 Å². The normalized spacial score (nSPS) is 13.7. The van der Waals surface area contributed by atoms with E-state index in [1.807, 2.05) is 20.8 Å². The molecule has 6 heteroatoms. The smallest absolute Gasteiger partial charge is 0.315 e. The van der Waals surface area contributed by atoms with Crippen molar-refractivity contribution in [3.05, 3.63) is 0 Å². The van der Waals surface area contributed by atoms with Gasteiger partial charge in [0.2, 0.25) is 0 Å². The minimum Gasteiger partial charge on any atom is -0.481 e. The number of rotatable bonds is 9. The Hall–Kier alpha value is -1.30. The highest BCUT2D eigenvalue weighted by Crippen LogP contribution is 2.00. The van der Waals surface area contributed by atoms with Gasteiger partial charge in [-0.1, -0.05) is 0 Å². The summed E-state index contributed by atoms with van der Waals surface area (Å²) in [5.74, 6) is -0.808. The van der Waals surface area contributed by atoms with Crippen molar-refractivity contribution in [3.8, 4) is 0 Å². The van der Waals surface area contributed by atoms with Crippen LogP contribution in [0.4, 0.5) is 4.79 Å². The van der Waals surface area contributed by atoms with E-state index < -0.39 is 5.97 Å². The van der Waals surface area contributed by atoms with E-state index in [1.165, 1.54) is 0 Å². The van der Waals surface area contributed by atoms with Crippen LogP contribution in [0.1, 0.15) is 40.0 Å². The highest BCUT2D eigenvalue weighted by atomic mass is 16.5. The summed E-state index contributed by atoms with van der Waals surface area (Å²) in [6.07, 6.45) is 1.34. The van der Waals surface area contributed by atoms with Crippen molar-refractivity contribution in [2.24, 2.45) is 0 Å². The molecule has 0 fully saturated rings. The summed E-state index contributed by atoms with van der Waals surface area (Å²) in [4.78, 5) is 21.8. The third-order valence-electron chi connectivity index (χ3n) is 2.41. The van der Waals surface area contributed by atoms with Crippen LogP contribution < -0.4 is 10.6 Å². The molecule has 0 aliphatic heterocycles. The van der Waals surface area contributed by atoms with Gasteiger partial charge in [-0.2, -0.15) is 0 Å². The van der Waals surface area contributed by atoms with E-state index in [9.17, 15) is 9.59 Å². The molecule has 18 heavy (non-hydrogen) atoms. The fourth-order valence-electron chi connectivity index (χ4n) is 1.49. The molecule has 0 bridgehead atoms. The largest absolute Gasteiger partial charge is 0.481 e. The fourth-order valence-corrected chi connectivity index (χ4v) is 1.49. The molecule has 0 aromatic rings. The summed E-state index contributed by atoms with van der Waals surface area (Å²) in [5, 5.41) is 13.9. The number of hydrogen-bond donors (Lipinski definition) is 3. The molecule has 0 aromatic heterocycles.